The third kappa shape index (κ3) is 2.62. The van der Waals surface area contributed by atoms with Crippen molar-refractivity contribution in [3.8, 4) is 0 Å². The van der Waals surface area contributed by atoms with Crippen molar-refractivity contribution < 1.29 is 9.53 Å². The minimum atomic E-state index is 0.156. The van der Waals surface area contributed by atoms with Crippen LogP contribution in [0, 0.1) is 0 Å². The molecule has 2 rings (SSSR count). The minimum absolute atomic E-state index is 0.156. The molecule has 1 fully saturated rings. The van der Waals surface area contributed by atoms with Crippen molar-refractivity contribution in [2.45, 2.75) is 32.4 Å². The number of ether oxygens (including phenoxy) is 1. The lowest BCUT2D eigenvalue weighted by Crippen LogP contribution is -2.50. The lowest BCUT2D eigenvalue weighted by Gasteiger charge is -2.36. The Hall–Kier alpha value is -0.870. The Labute approximate surface area is 100 Å². The number of rotatable bonds is 2. The standard InChI is InChI=1S/C12H17NO2S/c1-9-8-15-10(2)7-13(9)12(14)6-11-4-3-5-16-11/h3-5,9-10H,6-8H2,1-2H3/t9-,10-/m1/s1. The average molecular weight is 239 g/mol. The quantitative estimate of drug-likeness (QED) is 0.789. The van der Waals surface area contributed by atoms with Gasteiger partial charge in [-0.3, -0.25) is 4.79 Å². The van der Waals surface area contributed by atoms with E-state index in [1.165, 1.54) is 0 Å². The van der Waals surface area contributed by atoms with Gasteiger partial charge in [0.15, 0.2) is 0 Å². The Balaban J connectivity index is 1.97. The molecule has 1 aromatic heterocycles. The van der Waals surface area contributed by atoms with E-state index >= 15 is 0 Å². The largest absolute Gasteiger partial charge is 0.375 e. The maximum atomic E-state index is 12.1. The first-order valence-electron chi connectivity index (χ1n) is 5.60. The normalized spacial score (nSPS) is 25.8. The van der Waals surface area contributed by atoms with Crippen molar-refractivity contribution in [3.63, 3.8) is 0 Å². The molecule has 16 heavy (non-hydrogen) atoms. The molecule has 1 saturated heterocycles. The highest BCUT2D eigenvalue weighted by atomic mass is 32.1. The van der Waals surface area contributed by atoms with Crippen LogP contribution in [-0.4, -0.2) is 36.1 Å². The average Bonchev–Trinajstić information content (AvgIpc) is 2.74. The molecule has 0 spiro atoms. The van der Waals surface area contributed by atoms with Crippen LogP contribution < -0.4 is 0 Å². The Morgan fingerprint density at radius 2 is 2.44 bits per heavy atom. The third-order valence-electron chi connectivity index (χ3n) is 2.83. The van der Waals surface area contributed by atoms with E-state index in [-0.39, 0.29) is 18.1 Å². The summed E-state index contributed by atoms with van der Waals surface area (Å²) in [6.45, 7) is 5.41. The van der Waals surface area contributed by atoms with Gasteiger partial charge < -0.3 is 9.64 Å². The number of amides is 1. The van der Waals surface area contributed by atoms with Gasteiger partial charge in [0.25, 0.3) is 0 Å². The predicted molar refractivity (Wildman–Crippen MR) is 64.6 cm³/mol. The Morgan fingerprint density at radius 3 is 3.12 bits per heavy atom. The van der Waals surface area contributed by atoms with E-state index in [9.17, 15) is 4.79 Å². The number of thiophene rings is 1. The molecule has 2 heterocycles. The number of carbonyl (C=O) groups is 1. The van der Waals surface area contributed by atoms with E-state index in [2.05, 4.69) is 0 Å². The first-order valence-corrected chi connectivity index (χ1v) is 6.48. The smallest absolute Gasteiger partial charge is 0.228 e. The molecule has 88 valence electrons. The van der Waals surface area contributed by atoms with Crippen molar-refractivity contribution in [2.75, 3.05) is 13.2 Å². The molecule has 0 aromatic carbocycles. The lowest BCUT2D eigenvalue weighted by molar-refractivity contribution is -0.142. The Bertz CT molecular complexity index is 350. The van der Waals surface area contributed by atoms with E-state index in [0.29, 0.717) is 19.6 Å². The number of carbonyl (C=O) groups excluding carboxylic acids is 1. The second kappa shape index (κ2) is 4.97. The fourth-order valence-corrected chi connectivity index (χ4v) is 2.61. The van der Waals surface area contributed by atoms with Crippen molar-refractivity contribution in [2.24, 2.45) is 0 Å². The minimum Gasteiger partial charge on any atom is -0.375 e. The number of hydrogen-bond donors (Lipinski definition) is 0. The van der Waals surface area contributed by atoms with Crippen LogP contribution in [0.2, 0.25) is 0 Å². The van der Waals surface area contributed by atoms with E-state index in [1.807, 2.05) is 36.3 Å². The molecule has 1 aliphatic rings. The Morgan fingerprint density at radius 1 is 1.62 bits per heavy atom. The molecular formula is C12H17NO2S. The highest BCUT2D eigenvalue weighted by Gasteiger charge is 2.27. The summed E-state index contributed by atoms with van der Waals surface area (Å²) in [5, 5.41) is 2.01. The molecule has 0 unspecified atom stereocenters. The zero-order valence-corrected chi connectivity index (χ0v) is 10.5. The molecule has 1 aliphatic heterocycles. The van der Waals surface area contributed by atoms with Crippen molar-refractivity contribution >= 4 is 17.2 Å². The number of morpholine rings is 1. The van der Waals surface area contributed by atoms with Gasteiger partial charge in [-0.15, -0.1) is 11.3 Å². The second-order valence-corrected chi connectivity index (χ2v) is 5.33. The summed E-state index contributed by atoms with van der Waals surface area (Å²) in [6.07, 6.45) is 0.679. The molecule has 1 amide bonds. The summed E-state index contributed by atoms with van der Waals surface area (Å²) in [6, 6.07) is 4.19. The Kier molecular flexibility index (Phi) is 3.61. The number of nitrogens with zero attached hydrogens (tertiary/aromatic N) is 1. The fraction of sp³-hybridized carbons (Fsp3) is 0.583. The topological polar surface area (TPSA) is 29.5 Å². The maximum Gasteiger partial charge on any atom is 0.228 e. The zero-order valence-electron chi connectivity index (χ0n) is 9.68. The van der Waals surface area contributed by atoms with Crippen LogP contribution in [0.25, 0.3) is 0 Å². The SMILES string of the molecule is C[C@@H]1CN(C(=O)Cc2cccs2)[C@H](C)CO1. The summed E-state index contributed by atoms with van der Waals surface area (Å²) < 4.78 is 5.51. The molecule has 0 aliphatic carbocycles. The second-order valence-electron chi connectivity index (χ2n) is 4.30. The van der Waals surface area contributed by atoms with E-state index in [0.717, 1.165) is 4.88 Å². The van der Waals surface area contributed by atoms with Crippen LogP contribution in [0.5, 0.6) is 0 Å². The zero-order chi connectivity index (χ0) is 11.5. The van der Waals surface area contributed by atoms with Gasteiger partial charge in [-0.25, -0.2) is 0 Å². The molecular weight excluding hydrogens is 222 g/mol. The van der Waals surface area contributed by atoms with Crippen molar-refractivity contribution in [1.82, 2.24) is 4.90 Å². The summed E-state index contributed by atoms with van der Waals surface area (Å²) in [4.78, 5) is 15.2. The fourth-order valence-electron chi connectivity index (χ4n) is 1.91. The van der Waals surface area contributed by atoms with Gasteiger partial charge in [0.05, 0.1) is 25.2 Å². The van der Waals surface area contributed by atoms with Crippen molar-refractivity contribution in [3.05, 3.63) is 22.4 Å². The molecule has 0 radical (unpaired) electrons. The molecule has 0 N–H and O–H groups in total. The van der Waals surface area contributed by atoms with Crippen LogP contribution in [0.3, 0.4) is 0 Å². The predicted octanol–water partition coefficient (Wildman–Crippen LogP) is 1.93. The molecule has 1 aromatic rings. The third-order valence-corrected chi connectivity index (χ3v) is 3.71. The van der Waals surface area contributed by atoms with E-state index < -0.39 is 0 Å². The van der Waals surface area contributed by atoms with Crippen LogP contribution >= 0.6 is 11.3 Å². The summed E-state index contributed by atoms with van der Waals surface area (Å²) in [5.74, 6) is 0.213. The molecule has 4 heteroatoms. The first-order chi connectivity index (χ1) is 7.66. The monoisotopic (exact) mass is 239 g/mol. The number of hydrogen-bond acceptors (Lipinski definition) is 3. The first kappa shape index (κ1) is 11.6. The van der Waals surface area contributed by atoms with Gasteiger partial charge in [0.1, 0.15) is 0 Å². The summed E-state index contributed by atoms with van der Waals surface area (Å²) in [7, 11) is 0. The van der Waals surface area contributed by atoms with Gasteiger partial charge in [-0.05, 0) is 25.3 Å². The lowest BCUT2D eigenvalue weighted by atomic mass is 10.2. The summed E-state index contributed by atoms with van der Waals surface area (Å²) in [5.41, 5.74) is 0. The summed E-state index contributed by atoms with van der Waals surface area (Å²) >= 11 is 1.64. The highest BCUT2D eigenvalue weighted by Crippen LogP contribution is 2.15. The van der Waals surface area contributed by atoms with Crippen LogP contribution in [-0.2, 0) is 16.0 Å². The van der Waals surface area contributed by atoms with Gasteiger partial charge in [-0.2, -0.15) is 0 Å². The van der Waals surface area contributed by atoms with Crippen LogP contribution in [0.4, 0.5) is 0 Å². The maximum absolute atomic E-state index is 12.1. The van der Waals surface area contributed by atoms with Gasteiger partial charge >= 0.3 is 0 Å². The van der Waals surface area contributed by atoms with Crippen LogP contribution in [0.15, 0.2) is 17.5 Å². The highest BCUT2D eigenvalue weighted by molar-refractivity contribution is 7.10. The van der Waals surface area contributed by atoms with Gasteiger partial charge in [-0.1, -0.05) is 6.07 Å². The van der Waals surface area contributed by atoms with Crippen LogP contribution in [0.1, 0.15) is 18.7 Å². The molecule has 0 saturated carbocycles. The molecule has 2 atom stereocenters. The molecule has 3 nitrogen and oxygen atoms in total. The van der Waals surface area contributed by atoms with E-state index in [1.54, 1.807) is 11.3 Å². The van der Waals surface area contributed by atoms with Gasteiger partial charge in [0, 0.05) is 11.4 Å². The van der Waals surface area contributed by atoms with Crippen molar-refractivity contribution in [1.29, 1.82) is 0 Å². The molecule has 0 bridgehead atoms. The van der Waals surface area contributed by atoms with Gasteiger partial charge in [0.2, 0.25) is 5.91 Å². The van der Waals surface area contributed by atoms with E-state index in [4.69, 9.17) is 4.74 Å².